The summed E-state index contributed by atoms with van der Waals surface area (Å²) in [5.41, 5.74) is 1.96. The number of aromatic nitrogens is 2. The Morgan fingerprint density at radius 2 is 2.19 bits per heavy atom. The second-order valence-electron chi connectivity index (χ2n) is 5.05. The maximum atomic E-state index is 11.1. The number of aryl methyl sites for hydroxylation is 1. The molecule has 2 aromatic rings. The summed E-state index contributed by atoms with van der Waals surface area (Å²) < 4.78 is 7.08. The van der Waals surface area contributed by atoms with Crippen LogP contribution >= 0.6 is 0 Å². The molecule has 0 amide bonds. The number of benzene rings is 1. The third-order valence-corrected chi connectivity index (χ3v) is 3.66. The Morgan fingerprint density at radius 1 is 1.48 bits per heavy atom. The van der Waals surface area contributed by atoms with E-state index in [1.807, 2.05) is 47.7 Å². The second-order valence-corrected chi connectivity index (χ2v) is 5.05. The Kier molecular flexibility index (Phi) is 4.93. The minimum atomic E-state index is -0.850. The summed E-state index contributed by atoms with van der Waals surface area (Å²) in [7, 11) is 3.56. The zero-order valence-electron chi connectivity index (χ0n) is 12.6. The van der Waals surface area contributed by atoms with Crippen molar-refractivity contribution in [3.05, 3.63) is 30.1 Å². The van der Waals surface area contributed by atoms with E-state index in [4.69, 9.17) is 9.84 Å². The van der Waals surface area contributed by atoms with Gasteiger partial charge in [-0.25, -0.2) is 4.98 Å². The average molecular weight is 291 g/mol. The number of aliphatic carboxylic acids is 1. The number of methoxy groups -OCH3 is 1. The lowest BCUT2D eigenvalue weighted by Crippen LogP contribution is -2.36. The highest BCUT2D eigenvalue weighted by molar-refractivity contribution is 5.76. The van der Waals surface area contributed by atoms with Crippen LogP contribution in [0.1, 0.15) is 18.8 Å². The molecular formula is C15H21N3O3. The van der Waals surface area contributed by atoms with Gasteiger partial charge in [0.15, 0.2) is 0 Å². The van der Waals surface area contributed by atoms with Gasteiger partial charge in [-0.3, -0.25) is 9.69 Å². The fraction of sp³-hybridized carbons (Fsp3) is 0.467. The van der Waals surface area contributed by atoms with Gasteiger partial charge in [-0.15, -0.1) is 0 Å². The third kappa shape index (κ3) is 3.40. The number of rotatable bonds is 7. The smallest absolute Gasteiger partial charge is 0.317 e. The number of imidazole rings is 1. The van der Waals surface area contributed by atoms with Gasteiger partial charge in [-0.1, -0.05) is 12.1 Å². The molecule has 1 aromatic heterocycles. The number of fused-ring (bicyclic) bond motifs is 1. The summed E-state index contributed by atoms with van der Waals surface area (Å²) in [4.78, 5) is 17.5. The molecule has 1 aromatic carbocycles. The van der Waals surface area contributed by atoms with Crippen molar-refractivity contribution >= 4 is 17.0 Å². The van der Waals surface area contributed by atoms with E-state index in [1.54, 1.807) is 7.11 Å². The van der Waals surface area contributed by atoms with E-state index < -0.39 is 5.97 Å². The molecule has 21 heavy (non-hydrogen) atoms. The second kappa shape index (κ2) is 6.69. The predicted octanol–water partition coefficient (Wildman–Crippen LogP) is 1.67. The zero-order chi connectivity index (χ0) is 15.4. The Hall–Kier alpha value is -1.92. The van der Waals surface area contributed by atoms with E-state index >= 15 is 0 Å². The quantitative estimate of drug-likeness (QED) is 0.840. The largest absolute Gasteiger partial charge is 0.480 e. The van der Waals surface area contributed by atoms with Crippen molar-refractivity contribution in [3.8, 4) is 0 Å². The molecule has 0 fully saturated rings. The van der Waals surface area contributed by atoms with Gasteiger partial charge in [0.1, 0.15) is 5.82 Å². The molecule has 0 aliphatic rings. The molecule has 0 spiro atoms. The molecule has 114 valence electrons. The summed E-state index contributed by atoms with van der Waals surface area (Å²) in [5, 5.41) is 9.08. The SMILES string of the molecule is COCCN(CC(=O)O)C(C)c1nc2ccccc2n1C. The van der Waals surface area contributed by atoms with Crippen molar-refractivity contribution in [2.24, 2.45) is 7.05 Å². The molecule has 0 saturated heterocycles. The Labute approximate surface area is 124 Å². The summed E-state index contributed by atoms with van der Waals surface area (Å²) in [6, 6.07) is 7.79. The molecule has 6 nitrogen and oxygen atoms in total. The molecule has 1 N–H and O–H groups in total. The number of nitrogens with zero attached hydrogens (tertiary/aromatic N) is 3. The van der Waals surface area contributed by atoms with Crippen LogP contribution in [-0.2, 0) is 16.6 Å². The Bertz CT molecular complexity index is 624. The first kappa shape index (κ1) is 15.5. The van der Waals surface area contributed by atoms with Gasteiger partial charge in [0, 0.05) is 20.7 Å². The van der Waals surface area contributed by atoms with E-state index in [0.717, 1.165) is 16.9 Å². The number of hydrogen-bond donors (Lipinski definition) is 1. The third-order valence-electron chi connectivity index (χ3n) is 3.66. The average Bonchev–Trinajstić information content (AvgIpc) is 2.80. The maximum Gasteiger partial charge on any atom is 0.317 e. The molecule has 0 saturated carbocycles. The predicted molar refractivity (Wildman–Crippen MR) is 80.2 cm³/mol. The number of ether oxygens (including phenoxy) is 1. The Morgan fingerprint density at radius 3 is 2.81 bits per heavy atom. The first-order valence-electron chi connectivity index (χ1n) is 6.90. The number of carbonyl (C=O) groups is 1. The van der Waals surface area contributed by atoms with Crippen molar-refractivity contribution in [1.29, 1.82) is 0 Å². The maximum absolute atomic E-state index is 11.1. The van der Waals surface area contributed by atoms with Crippen LogP contribution in [0.3, 0.4) is 0 Å². The first-order chi connectivity index (χ1) is 10.0. The number of carboxylic acid groups (broad SMARTS) is 1. The molecule has 6 heteroatoms. The van der Waals surface area contributed by atoms with Crippen LogP contribution < -0.4 is 0 Å². The molecule has 1 atom stereocenters. The summed E-state index contributed by atoms with van der Waals surface area (Å²) in [6.45, 7) is 2.97. The number of para-hydroxylation sites is 2. The van der Waals surface area contributed by atoms with Crippen LogP contribution in [0.15, 0.2) is 24.3 Å². The molecule has 0 aliphatic heterocycles. The minimum Gasteiger partial charge on any atom is -0.480 e. The van der Waals surface area contributed by atoms with Crippen LogP contribution in [0.2, 0.25) is 0 Å². The highest BCUT2D eigenvalue weighted by Gasteiger charge is 2.22. The number of hydrogen-bond acceptors (Lipinski definition) is 4. The van der Waals surface area contributed by atoms with Crippen LogP contribution in [0.25, 0.3) is 11.0 Å². The Balaban J connectivity index is 2.30. The molecular weight excluding hydrogens is 270 g/mol. The summed E-state index contributed by atoms with van der Waals surface area (Å²) in [5.74, 6) is 0.00488. The minimum absolute atomic E-state index is 0.0340. The molecule has 0 bridgehead atoms. The van der Waals surface area contributed by atoms with Gasteiger partial charge in [0.25, 0.3) is 0 Å². The van der Waals surface area contributed by atoms with E-state index in [0.29, 0.717) is 13.2 Å². The fourth-order valence-corrected chi connectivity index (χ4v) is 2.49. The van der Waals surface area contributed by atoms with Gasteiger partial charge in [-0.2, -0.15) is 0 Å². The molecule has 0 radical (unpaired) electrons. The van der Waals surface area contributed by atoms with Crippen LogP contribution in [-0.4, -0.2) is 52.3 Å². The van der Waals surface area contributed by atoms with Crippen molar-refractivity contribution < 1.29 is 14.6 Å². The van der Waals surface area contributed by atoms with Gasteiger partial charge in [0.05, 0.1) is 30.2 Å². The first-order valence-corrected chi connectivity index (χ1v) is 6.90. The monoisotopic (exact) mass is 291 g/mol. The summed E-state index contributed by atoms with van der Waals surface area (Å²) >= 11 is 0. The van der Waals surface area contributed by atoms with Crippen molar-refractivity contribution in [3.63, 3.8) is 0 Å². The lowest BCUT2D eigenvalue weighted by Gasteiger charge is -2.26. The zero-order valence-corrected chi connectivity index (χ0v) is 12.6. The molecule has 0 aliphatic carbocycles. The van der Waals surface area contributed by atoms with Crippen LogP contribution in [0.5, 0.6) is 0 Å². The van der Waals surface area contributed by atoms with E-state index in [2.05, 4.69) is 4.98 Å². The van der Waals surface area contributed by atoms with E-state index in [-0.39, 0.29) is 12.6 Å². The highest BCUT2D eigenvalue weighted by atomic mass is 16.5. The molecule has 2 rings (SSSR count). The van der Waals surface area contributed by atoms with Gasteiger partial charge >= 0.3 is 5.97 Å². The van der Waals surface area contributed by atoms with Crippen LogP contribution in [0.4, 0.5) is 0 Å². The van der Waals surface area contributed by atoms with E-state index in [1.165, 1.54) is 0 Å². The number of carboxylic acids is 1. The molecule has 1 unspecified atom stereocenters. The fourth-order valence-electron chi connectivity index (χ4n) is 2.49. The van der Waals surface area contributed by atoms with Crippen LogP contribution in [0, 0.1) is 0 Å². The van der Waals surface area contributed by atoms with Crippen molar-refractivity contribution in [1.82, 2.24) is 14.5 Å². The van der Waals surface area contributed by atoms with Crippen molar-refractivity contribution in [2.45, 2.75) is 13.0 Å². The molecule has 1 heterocycles. The van der Waals surface area contributed by atoms with E-state index in [9.17, 15) is 4.79 Å². The van der Waals surface area contributed by atoms with Gasteiger partial charge in [-0.05, 0) is 19.1 Å². The van der Waals surface area contributed by atoms with Crippen molar-refractivity contribution in [2.75, 3.05) is 26.8 Å². The lowest BCUT2D eigenvalue weighted by atomic mass is 10.2. The highest BCUT2D eigenvalue weighted by Crippen LogP contribution is 2.23. The van der Waals surface area contributed by atoms with Gasteiger partial charge < -0.3 is 14.4 Å². The summed E-state index contributed by atoms with van der Waals surface area (Å²) in [6.07, 6.45) is 0. The lowest BCUT2D eigenvalue weighted by molar-refractivity contribution is -0.139. The standard InChI is InChI=1S/C15H21N3O3/c1-11(18(8-9-21-3)10-14(19)20)15-16-12-6-4-5-7-13(12)17(15)2/h4-7,11H,8-10H2,1-3H3,(H,19,20). The topological polar surface area (TPSA) is 67.6 Å². The van der Waals surface area contributed by atoms with Gasteiger partial charge in [0.2, 0.25) is 0 Å². The normalized spacial score (nSPS) is 13.0.